The van der Waals surface area contributed by atoms with Gasteiger partial charge in [-0.25, -0.2) is 0 Å². The predicted molar refractivity (Wildman–Crippen MR) is 208 cm³/mol. The normalized spacial score (nSPS) is 12.3. The Hall–Kier alpha value is -5.90. The van der Waals surface area contributed by atoms with E-state index in [9.17, 15) is 0 Å². The number of aryl methyl sites for hydroxylation is 6. The molecule has 8 rings (SSSR count). The summed E-state index contributed by atoms with van der Waals surface area (Å²) in [4.78, 5) is 0. The summed E-state index contributed by atoms with van der Waals surface area (Å²) in [7, 11) is 13.4. The lowest BCUT2D eigenvalue weighted by Crippen LogP contribution is -2.41. The molecule has 4 aromatic carbocycles. The third-order valence-electron chi connectivity index (χ3n) is 10.8. The van der Waals surface area contributed by atoms with E-state index in [1.807, 2.05) is 12.1 Å². The zero-order chi connectivity index (χ0) is 38.3. The van der Waals surface area contributed by atoms with Crippen LogP contribution in [0.25, 0.3) is 44.1 Å². The molecule has 0 spiro atoms. The second kappa shape index (κ2) is 14.9. The fraction of sp³-hybridized carbons (Fsp3) is 0.318. The molecule has 6 aromatic rings. The minimum absolute atomic E-state index is 0.743. The Kier molecular flexibility index (Phi) is 10.0. The first kappa shape index (κ1) is 36.5. The Morgan fingerprint density at radius 3 is 1.09 bits per heavy atom. The molecule has 0 bridgehead atoms. The predicted octanol–water partition coefficient (Wildman–Crippen LogP) is 7.39. The molecule has 0 atom stereocenters. The summed E-state index contributed by atoms with van der Waals surface area (Å²) in [5.74, 6) is 6.07. The minimum Gasteiger partial charge on any atom is -0.493 e. The van der Waals surface area contributed by atoms with Crippen LogP contribution in [0.2, 0.25) is 0 Å². The van der Waals surface area contributed by atoms with Crippen molar-refractivity contribution in [1.29, 1.82) is 0 Å². The van der Waals surface area contributed by atoms with Gasteiger partial charge in [-0.2, -0.15) is 9.13 Å². The maximum absolute atomic E-state index is 5.66. The van der Waals surface area contributed by atoms with Gasteiger partial charge in [-0.1, -0.05) is 0 Å². The summed E-state index contributed by atoms with van der Waals surface area (Å²) in [5, 5.41) is 4.42. The summed E-state index contributed by atoms with van der Waals surface area (Å²) in [6.45, 7) is 6.11. The molecule has 0 saturated carbocycles. The third kappa shape index (κ3) is 5.90. The number of aromatic nitrogens is 2. The summed E-state index contributed by atoms with van der Waals surface area (Å²) in [6.07, 6.45) is 6.20. The molecule has 0 unspecified atom stereocenters. The van der Waals surface area contributed by atoms with Crippen LogP contribution in [0.1, 0.15) is 22.3 Å². The topological polar surface area (TPSA) is 81.6 Å². The molecule has 280 valence electrons. The lowest BCUT2D eigenvalue weighted by Gasteiger charge is -2.20. The monoisotopic (exact) mass is 732 g/mol. The third-order valence-corrected chi connectivity index (χ3v) is 10.8. The smallest absolute Gasteiger partial charge is 0.216 e. The summed E-state index contributed by atoms with van der Waals surface area (Å²) < 4.78 is 48.9. The number of fused-ring (bicyclic) bond motifs is 8. The Morgan fingerprint density at radius 2 is 0.759 bits per heavy atom. The first-order valence-electron chi connectivity index (χ1n) is 17.9. The van der Waals surface area contributed by atoms with Gasteiger partial charge in [0.1, 0.15) is 0 Å². The van der Waals surface area contributed by atoms with E-state index in [1.165, 1.54) is 44.8 Å². The Balaban J connectivity index is 0.000000167. The molecule has 0 fully saturated rings. The van der Waals surface area contributed by atoms with Gasteiger partial charge in [0.2, 0.25) is 11.4 Å². The van der Waals surface area contributed by atoms with Crippen LogP contribution >= 0.6 is 0 Å². The molecular weight excluding hydrogens is 684 g/mol. The highest BCUT2D eigenvalue weighted by atomic mass is 16.5. The number of hydrogen-bond donors (Lipinski definition) is 0. The second-order valence-electron chi connectivity index (χ2n) is 13.3. The van der Waals surface area contributed by atoms with Gasteiger partial charge in [0.05, 0.1) is 78.8 Å². The zero-order valence-electron chi connectivity index (χ0n) is 32.8. The molecule has 54 heavy (non-hydrogen) atoms. The van der Waals surface area contributed by atoms with Crippen molar-refractivity contribution in [2.45, 2.75) is 39.8 Å². The standard InChI is InChI=1S/2C22H24NO4/c2*1-13-15-6-7-18(24-2)22(27-5)17(15)12-23-9-8-14-10-19(25-3)20(26-4)11-16(14)21(13)23/h2*6-7,10-12H,8-9H2,1-5H3/q2*+1. The number of ether oxygens (including phenoxy) is 8. The van der Waals surface area contributed by atoms with Gasteiger partial charge in [0, 0.05) is 34.7 Å². The van der Waals surface area contributed by atoms with Gasteiger partial charge in [0.25, 0.3) is 0 Å². The SMILES string of the molecule is COc1cc2c(cc1OC)-c1c(C)c3ccc(OC)c(OC)c3c[n+]1CC2.COc1cc2c(cc1OC)-c1c(C)c3ccc(OC)c(OC)c3c[n+]1CC2. The van der Waals surface area contributed by atoms with Crippen molar-refractivity contribution in [2.24, 2.45) is 0 Å². The second-order valence-corrected chi connectivity index (χ2v) is 13.3. The number of nitrogens with zero attached hydrogens (tertiary/aromatic N) is 2. The van der Waals surface area contributed by atoms with E-state index in [0.29, 0.717) is 0 Å². The molecule has 4 heterocycles. The van der Waals surface area contributed by atoms with Gasteiger partial charge in [0.15, 0.2) is 71.5 Å². The molecule has 0 saturated heterocycles. The number of methoxy groups -OCH3 is 8. The van der Waals surface area contributed by atoms with Crippen LogP contribution in [0.15, 0.2) is 60.9 Å². The average Bonchev–Trinajstić information content (AvgIpc) is 3.21. The molecular formula is C44H48N2O8+2. The molecule has 0 amide bonds. The van der Waals surface area contributed by atoms with Gasteiger partial charge < -0.3 is 37.9 Å². The molecule has 0 radical (unpaired) electrons. The Labute approximate surface area is 316 Å². The van der Waals surface area contributed by atoms with Crippen LogP contribution in [0.4, 0.5) is 0 Å². The average molecular weight is 733 g/mol. The number of pyridine rings is 2. The van der Waals surface area contributed by atoms with Crippen molar-refractivity contribution in [3.05, 3.63) is 83.2 Å². The minimum atomic E-state index is 0.743. The van der Waals surface area contributed by atoms with E-state index in [2.05, 4.69) is 71.8 Å². The van der Waals surface area contributed by atoms with Crippen molar-refractivity contribution in [3.8, 4) is 68.5 Å². The van der Waals surface area contributed by atoms with Crippen molar-refractivity contribution < 1.29 is 47.0 Å². The van der Waals surface area contributed by atoms with Gasteiger partial charge in [-0.3, -0.25) is 0 Å². The Bertz CT molecular complexity index is 2250. The summed E-state index contributed by atoms with van der Waals surface area (Å²) >= 11 is 0. The lowest BCUT2D eigenvalue weighted by molar-refractivity contribution is -0.686. The van der Waals surface area contributed by atoms with Crippen molar-refractivity contribution in [2.75, 3.05) is 56.9 Å². The van der Waals surface area contributed by atoms with Crippen LogP contribution in [0.5, 0.6) is 46.0 Å². The fourth-order valence-electron chi connectivity index (χ4n) is 8.18. The summed E-state index contributed by atoms with van der Waals surface area (Å²) in [5.41, 5.74) is 9.75. The van der Waals surface area contributed by atoms with Crippen LogP contribution in [0, 0.1) is 13.8 Å². The number of benzene rings is 4. The number of hydrogen-bond acceptors (Lipinski definition) is 8. The zero-order valence-corrected chi connectivity index (χ0v) is 32.8. The molecule has 10 nitrogen and oxygen atoms in total. The van der Waals surface area contributed by atoms with Crippen molar-refractivity contribution in [1.82, 2.24) is 0 Å². The molecule has 0 aliphatic carbocycles. The molecule has 10 heteroatoms. The fourth-order valence-corrected chi connectivity index (χ4v) is 8.18. The highest BCUT2D eigenvalue weighted by Crippen LogP contribution is 2.44. The maximum Gasteiger partial charge on any atom is 0.216 e. The molecule has 2 aliphatic rings. The van der Waals surface area contributed by atoms with E-state index in [4.69, 9.17) is 37.9 Å². The first-order chi connectivity index (χ1) is 26.2. The van der Waals surface area contributed by atoms with E-state index in [0.717, 1.165) is 93.5 Å². The number of rotatable bonds is 8. The summed E-state index contributed by atoms with van der Waals surface area (Å²) in [6, 6.07) is 16.5. The van der Waals surface area contributed by atoms with Crippen molar-refractivity contribution >= 4 is 21.5 Å². The van der Waals surface area contributed by atoms with Crippen molar-refractivity contribution in [3.63, 3.8) is 0 Å². The maximum atomic E-state index is 5.66. The lowest BCUT2D eigenvalue weighted by atomic mass is 9.91. The van der Waals surface area contributed by atoms with Crippen LogP contribution < -0.4 is 47.0 Å². The van der Waals surface area contributed by atoms with Crippen LogP contribution in [-0.2, 0) is 25.9 Å². The Morgan fingerprint density at radius 1 is 0.407 bits per heavy atom. The van der Waals surface area contributed by atoms with E-state index >= 15 is 0 Å². The van der Waals surface area contributed by atoms with E-state index < -0.39 is 0 Å². The van der Waals surface area contributed by atoms with Gasteiger partial charge >= 0.3 is 0 Å². The first-order valence-corrected chi connectivity index (χ1v) is 17.9. The highest BCUT2D eigenvalue weighted by Gasteiger charge is 2.31. The largest absolute Gasteiger partial charge is 0.493 e. The van der Waals surface area contributed by atoms with Gasteiger partial charge in [-0.05, 0) is 73.5 Å². The van der Waals surface area contributed by atoms with Gasteiger partial charge in [-0.15, -0.1) is 0 Å². The highest BCUT2D eigenvalue weighted by molar-refractivity contribution is 5.96. The molecule has 2 aliphatic heterocycles. The molecule has 0 N–H and O–H groups in total. The molecule has 2 aromatic heterocycles. The van der Waals surface area contributed by atoms with Crippen LogP contribution in [-0.4, -0.2) is 56.9 Å². The quantitative estimate of drug-likeness (QED) is 0.150. The van der Waals surface area contributed by atoms with Crippen LogP contribution in [0.3, 0.4) is 0 Å². The van der Waals surface area contributed by atoms with E-state index in [-0.39, 0.29) is 0 Å². The van der Waals surface area contributed by atoms with E-state index in [1.54, 1.807) is 56.9 Å².